The Hall–Kier alpha value is -3.61. The minimum atomic E-state index is -0.522. The Morgan fingerprint density at radius 2 is 1.52 bits per heavy atom. The van der Waals surface area contributed by atoms with E-state index in [1.54, 1.807) is 69.9 Å². The molecule has 1 aromatic heterocycles. The van der Waals surface area contributed by atoms with Crippen LogP contribution in [0.15, 0.2) is 54.6 Å². The Kier molecular flexibility index (Phi) is 5.51. The highest BCUT2D eigenvalue weighted by atomic mass is 16.5. The van der Waals surface area contributed by atoms with Crippen LogP contribution in [0.4, 0.5) is 0 Å². The van der Waals surface area contributed by atoms with Gasteiger partial charge in [-0.1, -0.05) is 0 Å². The van der Waals surface area contributed by atoms with E-state index in [4.69, 9.17) is 18.9 Å². The number of benzene rings is 2. The molecule has 0 aliphatic carbocycles. The molecule has 2 aromatic carbocycles. The van der Waals surface area contributed by atoms with Gasteiger partial charge in [-0.25, -0.2) is 4.79 Å². The van der Waals surface area contributed by atoms with Gasteiger partial charge in [-0.3, -0.25) is 0 Å². The zero-order valence-corrected chi connectivity index (χ0v) is 15.1. The van der Waals surface area contributed by atoms with Gasteiger partial charge in [0.2, 0.25) is 5.88 Å². The number of nitrogens with zero attached hydrogens (tertiary/aromatic N) is 2. The molecule has 0 fully saturated rings. The van der Waals surface area contributed by atoms with Gasteiger partial charge >= 0.3 is 5.97 Å². The fourth-order valence-electron chi connectivity index (χ4n) is 2.40. The summed E-state index contributed by atoms with van der Waals surface area (Å²) in [6.45, 7) is 0. The van der Waals surface area contributed by atoms with Crippen molar-refractivity contribution in [2.75, 3.05) is 21.3 Å². The summed E-state index contributed by atoms with van der Waals surface area (Å²) in [5.41, 5.74) is 1.80. The first-order valence-electron chi connectivity index (χ1n) is 8.07. The van der Waals surface area contributed by atoms with E-state index in [2.05, 4.69) is 10.2 Å². The lowest BCUT2D eigenvalue weighted by molar-refractivity contribution is 0.0726. The maximum absolute atomic E-state index is 12.2. The molecule has 7 nitrogen and oxygen atoms in total. The number of aromatic nitrogens is 2. The van der Waals surface area contributed by atoms with Gasteiger partial charge in [-0.2, -0.15) is 0 Å². The summed E-state index contributed by atoms with van der Waals surface area (Å²) in [6, 6.07) is 15.3. The van der Waals surface area contributed by atoms with Gasteiger partial charge in [-0.15, -0.1) is 10.2 Å². The molecule has 0 atom stereocenters. The highest BCUT2D eigenvalue weighted by molar-refractivity contribution is 5.91. The average Bonchev–Trinajstić information content (AvgIpc) is 2.73. The predicted molar refractivity (Wildman–Crippen MR) is 98.5 cm³/mol. The minimum absolute atomic E-state index is 0.111. The van der Waals surface area contributed by atoms with Gasteiger partial charge in [-0.05, 0) is 48.5 Å². The standard InChI is InChI=1S/C20H18N2O5/c1-24-15-7-4-13(5-8-15)20(23)27-19-11-9-16(21-22-19)14-6-10-17(25-2)18(12-14)26-3/h4-12H,1-3H3. The van der Waals surface area contributed by atoms with Gasteiger partial charge in [0.15, 0.2) is 11.5 Å². The smallest absolute Gasteiger partial charge is 0.344 e. The highest BCUT2D eigenvalue weighted by Crippen LogP contribution is 2.31. The Morgan fingerprint density at radius 1 is 0.778 bits per heavy atom. The van der Waals surface area contributed by atoms with E-state index < -0.39 is 5.97 Å². The molecule has 0 N–H and O–H groups in total. The zero-order chi connectivity index (χ0) is 19.2. The maximum atomic E-state index is 12.2. The van der Waals surface area contributed by atoms with Crippen LogP contribution < -0.4 is 18.9 Å². The summed E-state index contributed by atoms with van der Waals surface area (Å²) in [5.74, 6) is 1.46. The van der Waals surface area contributed by atoms with Crippen LogP contribution in [-0.2, 0) is 0 Å². The molecular weight excluding hydrogens is 348 g/mol. The zero-order valence-electron chi connectivity index (χ0n) is 15.1. The van der Waals surface area contributed by atoms with Crippen LogP contribution in [0, 0.1) is 0 Å². The van der Waals surface area contributed by atoms with E-state index in [9.17, 15) is 4.79 Å². The van der Waals surface area contributed by atoms with Gasteiger partial charge in [0.05, 0.1) is 32.6 Å². The number of hydrogen-bond donors (Lipinski definition) is 0. The molecule has 27 heavy (non-hydrogen) atoms. The Bertz CT molecular complexity index is 924. The minimum Gasteiger partial charge on any atom is -0.497 e. The molecule has 0 bridgehead atoms. The van der Waals surface area contributed by atoms with Crippen molar-refractivity contribution in [3.05, 3.63) is 60.2 Å². The second-order valence-electron chi connectivity index (χ2n) is 5.44. The Labute approximate surface area is 156 Å². The number of carbonyl (C=O) groups is 1. The lowest BCUT2D eigenvalue weighted by Gasteiger charge is -2.09. The normalized spacial score (nSPS) is 10.2. The van der Waals surface area contributed by atoms with Crippen LogP contribution in [0.25, 0.3) is 11.3 Å². The van der Waals surface area contributed by atoms with Crippen molar-refractivity contribution in [3.8, 4) is 34.4 Å². The molecule has 0 unspecified atom stereocenters. The van der Waals surface area contributed by atoms with Crippen LogP contribution in [0.1, 0.15) is 10.4 Å². The molecule has 3 aromatic rings. The summed E-state index contributed by atoms with van der Waals surface area (Å²) in [6.07, 6.45) is 0. The second kappa shape index (κ2) is 8.18. The van der Waals surface area contributed by atoms with Crippen molar-refractivity contribution in [1.29, 1.82) is 0 Å². The molecule has 0 aliphatic heterocycles. The SMILES string of the molecule is COc1ccc(C(=O)Oc2ccc(-c3ccc(OC)c(OC)c3)nn2)cc1. The summed E-state index contributed by atoms with van der Waals surface area (Å²) in [4.78, 5) is 12.2. The largest absolute Gasteiger partial charge is 0.497 e. The van der Waals surface area contributed by atoms with E-state index >= 15 is 0 Å². The summed E-state index contributed by atoms with van der Waals surface area (Å²) in [5, 5.41) is 8.07. The molecule has 0 saturated carbocycles. The number of methoxy groups -OCH3 is 3. The third kappa shape index (κ3) is 4.14. The lowest BCUT2D eigenvalue weighted by Crippen LogP contribution is -2.09. The molecule has 1 heterocycles. The topological polar surface area (TPSA) is 79.8 Å². The fourth-order valence-corrected chi connectivity index (χ4v) is 2.40. The second-order valence-corrected chi connectivity index (χ2v) is 5.44. The average molecular weight is 366 g/mol. The van der Waals surface area contributed by atoms with Crippen LogP contribution in [-0.4, -0.2) is 37.5 Å². The molecule has 138 valence electrons. The monoisotopic (exact) mass is 366 g/mol. The van der Waals surface area contributed by atoms with Gasteiger partial charge < -0.3 is 18.9 Å². The van der Waals surface area contributed by atoms with Crippen molar-refractivity contribution in [1.82, 2.24) is 10.2 Å². The quantitative estimate of drug-likeness (QED) is 0.619. The fraction of sp³-hybridized carbons (Fsp3) is 0.150. The third-order valence-corrected chi connectivity index (χ3v) is 3.84. The molecule has 0 saturated heterocycles. The molecule has 0 spiro atoms. The van der Waals surface area contributed by atoms with Gasteiger partial charge in [0.25, 0.3) is 0 Å². The lowest BCUT2D eigenvalue weighted by atomic mass is 10.1. The van der Waals surface area contributed by atoms with Crippen molar-refractivity contribution >= 4 is 5.97 Å². The summed E-state index contributed by atoms with van der Waals surface area (Å²) >= 11 is 0. The van der Waals surface area contributed by atoms with E-state index in [0.717, 1.165) is 5.56 Å². The molecule has 3 rings (SSSR count). The number of carbonyl (C=O) groups excluding carboxylic acids is 1. The molecule has 0 aliphatic rings. The molecular formula is C20H18N2O5. The molecule has 0 amide bonds. The first-order chi connectivity index (χ1) is 13.1. The number of esters is 1. The van der Waals surface area contributed by atoms with Crippen LogP contribution in [0.2, 0.25) is 0 Å². The number of ether oxygens (including phenoxy) is 4. The van der Waals surface area contributed by atoms with Crippen molar-refractivity contribution < 1.29 is 23.7 Å². The molecule has 7 heteroatoms. The van der Waals surface area contributed by atoms with Crippen molar-refractivity contribution in [2.24, 2.45) is 0 Å². The third-order valence-electron chi connectivity index (χ3n) is 3.84. The first kappa shape index (κ1) is 18.2. The number of rotatable bonds is 6. The highest BCUT2D eigenvalue weighted by Gasteiger charge is 2.12. The van der Waals surface area contributed by atoms with Crippen LogP contribution in [0.5, 0.6) is 23.1 Å². The Balaban J connectivity index is 1.74. The van der Waals surface area contributed by atoms with Crippen molar-refractivity contribution in [3.63, 3.8) is 0 Å². The maximum Gasteiger partial charge on any atom is 0.344 e. The van der Waals surface area contributed by atoms with E-state index in [0.29, 0.717) is 28.5 Å². The molecule has 0 radical (unpaired) electrons. The van der Waals surface area contributed by atoms with Crippen molar-refractivity contribution in [2.45, 2.75) is 0 Å². The summed E-state index contributed by atoms with van der Waals surface area (Å²) < 4.78 is 20.8. The van der Waals surface area contributed by atoms with Gasteiger partial charge in [0.1, 0.15) is 5.75 Å². The first-order valence-corrected chi connectivity index (χ1v) is 8.07. The summed E-state index contributed by atoms with van der Waals surface area (Å²) in [7, 11) is 4.70. The van der Waals surface area contributed by atoms with Gasteiger partial charge in [0, 0.05) is 11.6 Å². The Morgan fingerprint density at radius 3 is 2.11 bits per heavy atom. The van der Waals surface area contributed by atoms with Crippen LogP contribution >= 0.6 is 0 Å². The van der Waals surface area contributed by atoms with E-state index in [-0.39, 0.29) is 5.88 Å². The van der Waals surface area contributed by atoms with Crippen LogP contribution in [0.3, 0.4) is 0 Å². The predicted octanol–water partition coefficient (Wildman–Crippen LogP) is 3.39. The van der Waals surface area contributed by atoms with E-state index in [1.807, 2.05) is 6.07 Å². The number of hydrogen-bond acceptors (Lipinski definition) is 7. The van der Waals surface area contributed by atoms with E-state index in [1.165, 1.54) is 0 Å².